The summed E-state index contributed by atoms with van der Waals surface area (Å²) in [5, 5.41) is 2.99. The molecule has 0 spiro atoms. The molecule has 1 amide bonds. The number of carbonyl (C=O) groups is 1. The third-order valence-electron chi connectivity index (χ3n) is 3.14. The maximum absolute atomic E-state index is 12.0. The van der Waals surface area contributed by atoms with E-state index in [1.807, 2.05) is 24.3 Å². The highest BCUT2D eigenvalue weighted by atomic mass is 16.5. The van der Waals surface area contributed by atoms with Crippen molar-refractivity contribution < 1.29 is 9.53 Å². The van der Waals surface area contributed by atoms with Gasteiger partial charge in [-0.1, -0.05) is 25.1 Å². The van der Waals surface area contributed by atoms with E-state index in [9.17, 15) is 4.79 Å². The predicted molar refractivity (Wildman–Crippen MR) is 71.7 cm³/mol. The Kier molecular flexibility index (Phi) is 4.73. The fourth-order valence-electron chi connectivity index (χ4n) is 2.10. The second-order valence-electron chi connectivity index (χ2n) is 4.45. The monoisotopic (exact) mass is 248 g/mol. The van der Waals surface area contributed by atoms with Crippen LogP contribution in [0.3, 0.4) is 0 Å². The minimum atomic E-state index is 0.0535. The van der Waals surface area contributed by atoms with Crippen molar-refractivity contribution in [2.45, 2.75) is 13.3 Å². The van der Waals surface area contributed by atoms with Crippen molar-refractivity contribution in [2.24, 2.45) is 0 Å². The van der Waals surface area contributed by atoms with Gasteiger partial charge in [-0.25, -0.2) is 0 Å². The minimum absolute atomic E-state index is 0.0535. The number of nitrogens with zero attached hydrogens (tertiary/aromatic N) is 1. The molecule has 1 aromatic rings. The molecule has 0 aliphatic carbocycles. The summed E-state index contributed by atoms with van der Waals surface area (Å²) >= 11 is 0. The summed E-state index contributed by atoms with van der Waals surface area (Å²) in [4.78, 5) is 14.1. The normalized spacial score (nSPS) is 16.5. The summed E-state index contributed by atoms with van der Waals surface area (Å²) < 4.78 is 5.26. The molecule has 1 aliphatic heterocycles. The van der Waals surface area contributed by atoms with Crippen LogP contribution in [-0.4, -0.2) is 43.7 Å². The average Bonchev–Trinajstić information content (AvgIpc) is 2.40. The molecule has 4 heteroatoms. The van der Waals surface area contributed by atoms with Gasteiger partial charge in [0.05, 0.1) is 19.8 Å². The van der Waals surface area contributed by atoms with Crippen molar-refractivity contribution in [1.82, 2.24) is 4.90 Å². The number of aryl methyl sites for hydroxylation is 1. The van der Waals surface area contributed by atoms with Crippen molar-refractivity contribution in [3.05, 3.63) is 29.8 Å². The molecular formula is C14H20N2O2. The lowest BCUT2D eigenvalue weighted by molar-refractivity contribution is -0.118. The zero-order chi connectivity index (χ0) is 12.8. The quantitative estimate of drug-likeness (QED) is 0.878. The first-order chi connectivity index (χ1) is 8.79. The van der Waals surface area contributed by atoms with E-state index in [0.29, 0.717) is 6.54 Å². The topological polar surface area (TPSA) is 41.6 Å². The van der Waals surface area contributed by atoms with Gasteiger partial charge in [-0.2, -0.15) is 0 Å². The smallest absolute Gasteiger partial charge is 0.238 e. The standard InChI is InChI=1S/C14H20N2O2/c1-2-12-5-3-4-6-13(12)15-14(17)11-16-7-9-18-10-8-16/h3-6H,2,7-11H2,1H3,(H,15,17). The fraction of sp³-hybridized carbons (Fsp3) is 0.500. The van der Waals surface area contributed by atoms with Gasteiger partial charge in [0.2, 0.25) is 5.91 Å². The number of carbonyl (C=O) groups excluding carboxylic acids is 1. The second kappa shape index (κ2) is 6.52. The van der Waals surface area contributed by atoms with Crippen LogP contribution < -0.4 is 5.32 Å². The van der Waals surface area contributed by atoms with E-state index in [1.165, 1.54) is 5.56 Å². The predicted octanol–water partition coefficient (Wildman–Crippen LogP) is 1.52. The molecule has 1 aliphatic rings. The Labute approximate surface area is 108 Å². The van der Waals surface area contributed by atoms with Gasteiger partial charge in [0.1, 0.15) is 0 Å². The highest BCUT2D eigenvalue weighted by Crippen LogP contribution is 2.15. The lowest BCUT2D eigenvalue weighted by atomic mass is 10.1. The highest BCUT2D eigenvalue weighted by molar-refractivity contribution is 5.93. The molecule has 1 aromatic carbocycles. The summed E-state index contributed by atoms with van der Waals surface area (Å²) in [5.41, 5.74) is 2.10. The van der Waals surface area contributed by atoms with Crippen LogP contribution in [0.2, 0.25) is 0 Å². The Morgan fingerprint density at radius 1 is 1.33 bits per heavy atom. The van der Waals surface area contributed by atoms with E-state index >= 15 is 0 Å². The molecule has 0 bridgehead atoms. The molecule has 4 nitrogen and oxygen atoms in total. The summed E-state index contributed by atoms with van der Waals surface area (Å²) in [5.74, 6) is 0.0535. The maximum atomic E-state index is 12.0. The Morgan fingerprint density at radius 2 is 2.06 bits per heavy atom. The van der Waals surface area contributed by atoms with Gasteiger partial charge in [0.25, 0.3) is 0 Å². The summed E-state index contributed by atoms with van der Waals surface area (Å²) in [6.45, 7) is 5.65. The number of ether oxygens (including phenoxy) is 1. The van der Waals surface area contributed by atoms with Crippen LogP contribution in [0, 0.1) is 0 Å². The molecule has 2 rings (SSSR count). The third-order valence-corrected chi connectivity index (χ3v) is 3.14. The van der Waals surface area contributed by atoms with E-state index < -0.39 is 0 Å². The van der Waals surface area contributed by atoms with E-state index in [1.54, 1.807) is 0 Å². The number of benzene rings is 1. The van der Waals surface area contributed by atoms with Gasteiger partial charge in [0.15, 0.2) is 0 Å². The Bertz CT molecular complexity index is 401. The van der Waals surface area contributed by atoms with Gasteiger partial charge < -0.3 is 10.1 Å². The average molecular weight is 248 g/mol. The highest BCUT2D eigenvalue weighted by Gasteiger charge is 2.14. The summed E-state index contributed by atoms with van der Waals surface area (Å²) in [7, 11) is 0. The summed E-state index contributed by atoms with van der Waals surface area (Å²) in [6, 6.07) is 7.94. The van der Waals surface area contributed by atoms with Crippen LogP contribution in [0.15, 0.2) is 24.3 Å². The molecule has 0 aromatic heterocycles. The number of nitrogens with one attached hydrogen (secondary N) is 1. The van der Waals surface area contributed by atoms with Crippen molar-refractivity contribution in [3.63, 3.8) is 0 Å². The molecule has 1 saturated heterocycles. The van der Waals surface area contributed by atoms with E-state index in [4.69, 9.17) is 4.74 Å². The summed E-state index contributed by atoms with van der Waals surface area (Å²) in [6.07, 6.45) is 0.925. The van der Waals surface area contributed by atoms with Crippen LogP contribution in [-0.2, 0) is 16.0 Å². The van der Waals surface area contributed by atoms with Gasteiger partial charge in [-0.05, 0) is 18.1 Å². The zero-order valence-electron chi connectivity index (χ0n) is 10.8. The lowest BCUT2D eigenvalue weighted by Crippen LogP contribution is -2.41. The minimum Gasteiger partial charge on any atom is -0.379 e. The molecule has 0 atom stereocenters. The molecule has 1 heterocycles. The van der Waals surface area contributed by atoms with E-state index in [0.717, 1.165) is 38.4 Å². The van der Waals surface area contributed by atoms with Crippen molar-refractivity contribution in [1.29, 1.82) is 0 Å². The van der Waals surface area contributed by atoms with Crippen LogP contribution in [0.5, 0.6) is 0 Å². The first-order valence-electron chi connectivity index (χ1n) is 6.47. The lowest BCUT2D eigenvalue weighted by Gasteiger charge is -2.25. The van der Waals surface area contributed by atoms with Crippen LogP contribution >= 0.6 is 0 Å². The first-order valence-corrected chi connectivity index (χ1v) is 6.47. The van der Waals surface area contributed by atoms with Gasteiger partial charge in [-0.3, -0.25) is 9.69 Å². The number of hydrogen-bond donors (Lipinski definition) is 1. The number of anilines is 1. The molecule has 0 radical (unpaired) electrons. The fourth-order valence-corrected chi connectivity index (χ4v) is 2.10. The largest absolute Gasteiger partial charge is 0.379 e. The Hall–Kier alpha value is -1.39. The van der Waals surface area contributed by atoms with Crippen molar-refractivity contribution >= 4 is 11.6 Å². The van der Waals surface area contributed by atoms with Crippen molar-refractivity contribution in [2.75, 3.05) is 38.2 Å². The number of para-hydroxylation sites is 1. The van der Waals surface area contributed by atoms with Gasteiger partial charge in [-0.15, -0.1) is 0 Å². The molecule has 1 N–H and O–H groups in total. The maximum Gasteiger partial charge on any atom is 0.238 e. The van der Waals surface area contributed by atoms with Crippen LogP contribution in [0.25, 0.3) is 0 Å². The van der Waals surface area contributed by atoms with Gasteiger partial charge in [0, 0.05) is 18.8 Å². The SMILES string of the molecule is CCc1ccccc1NC(=O)CN1CCOCC1. The number of rotatable bonds is 4. The molecular weight excluding hydrogens is 228 g/mol. The van der Waals surface area contributed by atoms with E-state index in [-0.39, 0.29) is 5.91 Å². The molecule has 0 saturated carbocycles. The third kappa shape index (κ3) is 3.55. The second-order valence-corrected chi connectivity index (χ2v) is 4.45. The van der Waals surface area contributed by atoms with E-state index in [2.05, 4.69) is 17.1 Å². The number of morpholine rings is 1. The zero-order valence-corrected chi connectivity index (χ0v) is 10.8. The molecule has 18 heavy (non-hydrogen) atoms. The molecule has 98 valence electrons. The Balaban J connectivity index is 1.90. The number of hydrogen-bond acceptors (Lipinski definition) is 3. The van der Waals surface area contributed by atoms with Gasteiger partial charge >= 0.3 is 0 Å². The first kappa shape index (κ1) is 13.1. The molecule has 1 fully saturated rings. The number of amides is 1. The Morgan fingerprint density at radius 3 is 2.78 bits per heavy atom. The van der Waals surface area contributed by atoms with Crippen LogP contribution in [0.1, 0.15) is 12.5 Å². The molecule has 0 unspecified atom stereocenters. The van der Waals surface area contributed by atoms with Crippen LogP contribution in [0.4, 0.5) is 5.69 Å². The van der Waals surface area contributed by atoms with Crippen molar-refractivity contribution in [3.8, 4) is 0 Å².